The molecule has 2 aromatic carbocycles. The molecule has 6 nitrogen and oxygen atoms in total. The van der Waals surface area contributed by atoms with E-state index in [9.17, 15) is 4.79 Å². The van der Waals surface area contributed by atoms with Crippen molar-refractivity contribution in [2.45, 2.75) is 0 Å². The molecule has 0 unspecified atom stereocenters. The second kappa shape index (κ2) is 9.11. The molecule has 7 heteroatoms. The number of hydrogen-bond donors (Lipinski definition) is 0. The number of halogens is 1. The van der Waals surface area contributed by atoms with Crippen molar-refractivity contribution in [1.82, 2.24) is 19.6 Å². The van der Waals surface area contributed by atoms with Crippen LogP contribution in [0.15, 0.2) is 67.0 Å². The number of amides is 1. The highest BCUT2D eigenvalue weighted by Crippen LogP contribution is 2.23. The molecule has 0 aliphatic carbocycles. The monoisotopic (exact) mass is 410 g/mol. The molecule has 150 valence electrons. The van der Waals surface area contributed by atoms with Gasteiger partial charge in [-0.05, 0) is 24.3 Å². The lowest BCUT2D eigenvalue weighted by atomic mass is 10.2. The summed E-state index contributed by atoms with van der Waals surface area (Å²) in [6, 6.07) is 17.3. The highest BCUT2D eigenvalue weighted by molar-refractivity contribution is 6.32. The molecule has 0 spiro atoms. The summed E-state index contributed by atoms with van der Waals surface area (Å²) in [5.41, 5.74) is 1.55. The van der Waals surface area contributed by atoms with Crippen molar-refractivity contribution in [2.75, 3.05) is 39.3 Å². The summed E-state index contributed by atoms with van der Waals surface area (Å²) < 4.78 is 7.49. The zero-order chi connectivity index (χ0) is 20.1. The van der Waals surface area contributed by atoms with Crippen LogP contribution in [0.5, 0.6) is 5.75 Å². The van der Waals surface area contributed by atoms with Crippen molar-refractivity contribution in [3.05, 3.63) is 77.6 Å². The third-order valence-electron chi connectivity index (χ3n) is 5.01. The van der Waals surface area contributed by atoms with Gasteiger partial charge in [0.05, 0.1) is 22.5 Å². The fraction of sp³-hybridized carbons (Fsp3) is 0.273. The maximum atomic E-state index is 12.8. The van der Waals surface area contributed by atoms with Crippen molar-refractivity contribution >= 4 is 17.5 Å². The summed E-state index contributed by atoms with van der Waals surface area (Å²) in [5.74, 6) is 0.734. The molecular weight excluding hydrogens is 388 g/mol. The van der Waals surface area contributed by atoms with E-state index in [0.29, 0.717) is 36.0 Å². The Bertz CT molecular complexity index is 952. The maximum absolute atomic E-state index is 12.8. The van der Waals surface area contributed by atoms with Gasteiger partial charge < -0.3 is 9.64 Å². The minimum atomic E-state index is 0.0270. The lowest BCUT2D eigenvalue weighted by Gasteiger charge is -2.34. The summed E-state index contributed by atoms with van der Waals surface area (Å²) in [7, 11) is 0. The zero-order valence-corrected chi connectivity index (χ0v) is 16.8. The van der Waals surface area contributed by atoms with Crippen LogP contribution < -0.4 is 4.74 Å². The van der Waals surface area contributed by atoms with Gasteiger partial charge in [0.2, 0.25) is 0 Å². The number of rotatable bonds is 6. The molecule has 2 heterocycles. The summed E-state index contributed by atoms with van der Waals surface area (Å²) in [5, 5.41) is 4.95. The van der Waals surface area contributed by atoms with Gasteiger partial charge in [0.1, 0.15) is 12.4 Å². The van der Waals surface area contributed by atoms with Gasteiger partial charge in [0.25, 0.3) is 5.91 Å². The number of piperazine rings is 1. The third kappa shape index (κ3) is 4.78. The van der Waals surface area contributed by atoms with Crippen molar-refractivity contribution in [3.63, 3.8) is 0 Å². The van der Waals surface area contributed by atoms with E-state index < -0.39 is 0 Å². The van der Waals surface area contributed by atoms with Gasteiger partial charge in [0.15, 0.2) is 0 Å². The Morgan fingerprint density at radius 3 is 2.48 bits per heavy atom. The predicted molar refractivity (Wildman–Crippen MR) is 113 cm³/mol. The first-order valence-electron chi connectivity index (χ1n) is 9.70. The van der Waals surface area contributed by atoms with Crippen LogP contribution in [0.4, 0.5) is 0 Å². The molecular formula is C22H23ClN4O2. The van der Waals surface area contributed by atoms with Gasteiger partial charge in [-0.3, -0.25) is 9.69 Å². The number of hydrogen-bond acceptors (Lipinski definition) is 4. The first-order valence-corrected chi connectivity index (χ1v) is 10.1. The van der Waals surface area contributed by atoms with E-state index in [4.69, 9.17) is 16.3 Å². The van der Waals surface area contributed by atoms with E-state index in [1.807, 2.05) is 59.5 Å². The van der Waals surface area contributed by atoms with Crippen LogP contribution in [0.1, 0.15) is 10.4 Å². The molecule has 1 fully saturated rings. The lowest BCUT2D eigenvalue weighted by Crippen LogP contribution is -2.49. The van der Waals surface area contributed by atoms with Crippen molar-refractivity contribution < 1.29 is 9.53 Å². The molecule has 29 heavy (non-hydrogen) atoms. The van der Waals surface area contributed by atoms with Crippen molar-refractivity contribution in [1.29, 1.82) is 0 Å². The van der Waals surface area contributed by atoms with Gasteiger partial charge in [0, 0.05) is 38.9 Å². The number of carbonyl (C=O) groups is 1. The Kier molecular flexibility index (Phi) is 6.12. The second-order valence-corrected chi connectivity index (χ2v) is 7.33. The first kappa shape index (κ1) is 19.5. The molecule has 1 aliphatic heterocycles. The van der Waals surface area contributed by atoms with Crippen LogP contribution in [0.3, 0.4) is 0 Å². The molecule has 3 aromatic rings. The van der Waals surface area contributed by atoms with E-state index in [0.717, 1.165) is 25.3 Å². The summed E-state index contributed by atoms with van der Waals surface area (Å²) in [4.78, 5) is 17.0. The van der Waals surface area contributed by atoms with Crippen molar-refractivity contribution in [3.8, 4) is 11.4 Å². The largest absolute Gasteiger partial charge is 0.491 e. The minimum Gasteiger partial charge on any atom is -0.491 e. The zero-order valence-electron chi connectivity index (χ0n) is 16.1. The number of aromatic nitrogens is 2. The van der Waals surface area contributed by atoms with Gasteiger partial charge in [-0.15, -0.1) is 0 Å². The topological polar surface area (TPSA) is 50.6 Å². The van der Waals surface area contributed by atoms with Crippen LogP contribution in [-0.2, 0) is 0 Å². The molecule has 0 atom stereocenters. The fourth-order valence-electron chi connectivity index (χ4n) is 3.36. The Morgan fingerprint density at radius 1 is 1.00 bits per heavy atom. The van der Waals surface area contributed by atoms with Gasteiger partial charge in [-0.2, -0.15) is 5.10 Å². The lowest BCUT2D eigenvalue weighted by molar-refractivity contribution is 0.0620. The average Bonchev–Trinajstić information content (AvgIpc) is 3.26. The normalized spacial score (nSPS) is 14.7. The molecule has 0 radical (unpaired) electrons. The van der Waals surface area contributed by atoms with Gasteiger partial charge >= 0.3 is 0 Å². The quantitative estimate of drug-likeness (QED) is 0.625. The number of nitrogens with zero attached hydrogens (tertiary/aromatic N) is 4. The predicted octanol–water partition coefficient (Wildman–Crippen LogP) is 3.36. The Morgan fingerprint density at radius 2 is 1.72 bits per heavy atom. The highest BCUT2D eigenvalue weighted by Gasteiger charge is 2.23. The highest BCUT2D eigenvalue weighted by atomic mass is 35.5. The fourth-order valence-corrected chi connectivity index (χ4v) is 3.55. The van der Waals surface area contributed by atoms with E-state index >= 15 is 0 Å². The average molecular weight is 411 g/mol. The second-order valence-electron chi connectivity index (χ2n) is 6.92. The summed E-state index contributed by atoms with van der Waals surface area (Å²) in [6.07, 6.45) is 3.43. The molecule has 0 N–H and O–H groups in total. The molecule has 1 amide bonds. The van der Waals surface area contributed by atoms with Crippen LogP contribution >= 0.6 is 11.6 Å². The molecule has 1 aliphatic rings. The number of ether oxygens (including phenoxy) is 1. The van der Waals surface area contributed by atoms with Crippen LogP contribution in [0.25, 0.3) is 5.69 Å². The summed E-state index contributed by atoms with van der Waals surface area (Å²) in [6.45, 7) is 4.42. The molecule has 1 saturated heterocycles. The van der Waals surface area contributed by atoms with Crippen LogP contribution in [-0.4, -0.2) is 64.8 Å². The smallest absolute Gasteiger partial charge is 0.257 e. The molecule has 4 rings (SSSR count). The Hall–Kier alpha value is -2.83. The van der Waals surface area contributed by atoms with Gasteiger partial charge in [-0.25, -0.2) is 4.68 Å². The van der Waals surface area contributed by atoms with Crippen LogP contribution in [0.2, 0.25) is 5.02 Å². The molecule has 0 bridgehead atoms. The molecule has 0 saturated carbocycles. The minimum absolute atomic E-state index is 0.0270. The first-order chi connectivity index (χ1) is 14.2. The third-order valence-corrected chi connectivity index (χ3v) is 5.32. The van der Waals surface area contributed by atoms with Gasteiger partial charge in [-0.1, -0.05) is 41.9 Å². The number of benzene rings is 2. The van der Waals surface area contributed by atoms with Crippen LogP contribution in [0, 0.1) is 0 Å². The number of carbonyl (C=O) groups excluding carboxylic acids is 1. The van der Waals surface area contributed by atoms with E-state index in [2.05, 4.69) is 10.00 Å². The molecule has 1 aromatic heterocycles. The van der Waals surface area contributed by atoms with Crippen molar-refractivity contribution in [2.24, 2.45) is 0 Å². The number of para-hydroxylation sites is 2. The SMILES string of the molecule is O=C(c1cnn(-c2ccccc2)c1)N1CCN(CCOc2ccccc2Cl)CC1. The Labute approximate surface area is 175 Å². The van der Waals surface area contributed by atoms with E-state index in [1.54, 1.807) is 17.1 Å². The standard InChI is InChI=1S/C22H23ClN4O2/c23-20-8-4-5-9-21(20)29-15-14-25-10-12-26(13-11-25)22(28)18-16-24-27(17-18)19-6-2-1-3-7-19/h1-9,16-17H,10-15H2. The summed E-state index contributed by atoms with van der Waals surface area (Å²) >= 11 is 6.11. The Balaban J connectivity index is 1.26. The van der Waals surface area contributed by atoms with E-state index in [1.165, 1.54) is 0 Å². The maximum Gasteiger partial charge on any atom is 0.257 e. The van der Waals surface area contributed by atoms with E-state index in [-0.39, 0.29) is 5.91 Å².